The molecule has 0 amide bonds. The Bertz CT molecular complexity index is 1500. The molecule has 8 nitrogen and oxygen atoms in total. The van der Waals surface area contributed by atoms with Crippen molar-refractivity contribution in [3.05, 3.63) is 100 Å². The summed E-state index contributed by atoms with van der Waals surface area (Å²) >= 11 is 1.22. The molecule has 2 aromatic heterocycles. The van der Waals surface area contributed by atoms with Gasteiger partial charge in [0.2, 0.25) is 5.88 Å². The van der Waals surface area contributed by atoms with Crippen LogP contribution in [0.15, 0.2) is 88.6 Å². The summed E-state index contributed by atoms with van der Waals surface area (Å²) in [7, 11) is 1.28. The molecule has 1 aliphatic rings. The highest BCUT2D eigenvalue weighted by molar-refractivity contribution is 7.99. The molecule has 0 saturated carbocycles. The van der Waals surface area contributed by atoms with Crippen molar-refractivity contribution in [3.63, 3.8) is 0 Å². The van der Waals surface area contributed by atoms with Gasteiger partial charge in [-0.3, -0.25) is 4.98 Å². The number of nitrogens with two attached hydrogens (primary N) is 1. The second kappa shape index (κ2) is 11.6. The maximum absolute atomic E-state index is 13.1. The number of hydrogen-bond acceptors (Lipinski definition) is 9. The van der Waals surface area contributed by atoms with Gasteiger partial charge in [0, 0.05) is 6.20 Å². The lowest BCUT2D eigenvalue weighted by Gasteiger charge is -2.28. The lowest BCUT2D eigenvalue weighted by Crippen LogP contribution is -2.26. The zero-order chi connectivity index (χ0) is 27.2. The summed E-state index contributed by atoms with van der Waals surface area (Å²) in [5.74, 6) is -0.788. The fourth-order valence-corrected chi connectivity index (χ4v) is 5.01. The molecule has 0 saturated heterocycles. The van der Waals surface area contributed by atoms with Gasteiger partial charge in [0.25, 0.3) is 0 Å². The lowest BCUT2D eigenvalue weighted by molar-refractivity contribution is -0.136. The Morgan fingerprint density at radius 2 is 1.87 bits per heavy atom. The van der Waals surface area contributed by atoms with Gasteiger partial charge in [-0.15, -0.1) is 0 Å². The number of carbonyl (C=O) groups is 1. The smallest absolute Gasteiger partial charge is 0.338 e. The zero-order valence-electron chi connectivity index (χ0n) is 21.1. The van der Waals surface area contributed by atoms with Crippen LogP contribution in [0.1, 0.15) is 42.4 Å². The minimum Gasteiger partial charge on any atom is -0.466 e. The van der Waals surface area contributed by atoms with Crippen LogP contribution < -0.4 is 5.73 Å². The first-order valence-corrected chi connectivity index (χ1v) is 12.8. The number of rotatable bonds is 7. The van der Waals surface area contributed by atoms with E-state index in [1.807, 2.05) is 42.5 Å². The van der Waals surface area contributed by atoms with Crippen molar-refractivity contribution < 1.29 is 14.3 Å². The maximum Gasteiger partial charge on any atom is 0.338 e. The molecule has 4 rings (SSSR count). The first-order valence-electron chi connectivity index (χ1n) is 11.8. The Kier molecular flexibility index (Phi) is 8.10. The average Bonchev–Trinajstić information content (AvgIpc) is 2.95. The standard InChI is InChI=1S/C29H25N5O3S/c1-17(2)18-7-9-19(10-8-18)25-21(15-31)27(32)37-24(26(25)29(35)36-3)16-38-28-20(14-30)11-12-23(34-28)22-6-4-5-13-33-22/h4-13,17,25H,16,32H2,1-3H3. The Morgan fingerprint density at radius 3 is 2.47 bits per heavy atom. The van der Waals surface area contributed by atoms with Crippen molar-refractivity contribution in [2.24, 2.45) is 5.73 Å². The maximum atomic E-state index is 13.1. The summed E-state index contributed by atoms with van der Waals surface area (Å²) in [4.78, 5) is 22.0. The van der Waals surface area contributed by atoms with Gasteiger partial charge >= 0.3 is 5.97 Å². The lowest BCUT2D eigenvalue weighted by atomic mass is 9.82. The van der Waals surface area contributed by atoms with Gasteiger partial charge in [-0.2, -0.15) is 10.5 Å². The molecule has 9 heteroatoms. The number of nitriles is 2. The SMILES string of the molecule is COC(=O)C1=C(CSc2nc(-c3ccccn3)ccc2C#N)OC(N)=C(C#N)C1c1ccc(C(C)C)cc1. The Balaban J connectivity index is 1.75. The van der Waals surface area contributed by atoms with E-state index in [1.54, 1.807) is 18.3 Å². The number of allylic oxidation sites excluding steroid dienone is 1. The van der Waals surface area contributed by atoms with Crippen molar-refractivity contribution in [2.45, 2.75) is 30.7 Å². The number of carbonyl (C=O) groups excluding carboxylic acids is 1. The van der Waals surface area contributed by atoms with Crippen LogP contribution >= 0.6 is 11.8 Å². The molecule has 0 aliphatic carbocycles. The van der Waals surface area contributed by atoms with E-state index in [0.29, 0.717) is 33.5 Å². The highest BCUT2D eigenvalue weighted by atomic mass is 32.2. The van der Waals surface area contributed by atoms with E-state index >= 15 is 0 Å². The molecule has 1 atom stereocenters. The van der Waals surface area contributed by atoms with Crippen molar-refractivity contribution in [1.82, 2.24) is 9.97 Å². The minimum atomic E-state index is -0.763. The molecule has 3 heterocycles. The number of thioether (sulfide) groups is 1. The van der Waals surface area contributed by atoms with Crippen LogP contribution in [0.2, 0.25) is 0 Å². The zero-order valence-corrected chi connectivity index (χ0v) is 22.0. The van der Waals surface area contributed by atoms with E-state index in [1.165, 1.54) is 18.9 Å². The van der Waals surface area contributed by atoms with Gasteiger partial charge in [-0.05, 0) is 41.3 Å². The molecule has 1 unspecified atom stereocenters. The molecule has 0 bridgehead atoms. The van der Waals surface area contributed by atoms with Crippen molar-refractivity contribution in [3.8, 4) is 23.5 Å². The van der Waals surface area contributed by atoms with Gasteiger partial charge in [-0.25, -0.2) is 9.78 Å². The molecular weight excluding hydrogens is 498 g/mol. The number of aromatic nitrogens is 2. The minimum absolute atomic E-state index is 0.0793. The predicted octanol–water partition coefficient (Wildman–Crippen LogP) is 5.17. The van der Waals surface area contributed by atoms with Crippen LogP contribution in [0.25, 0.3) is 11.4 Å². The van der Waals surface area contributed by atoms with Crippen molar-refractivity contribution in [1.29, 1.82) is 10.5 Å². The molecule has 0 radical (unpaired) electrons. The third kappa shape index (κ3) is 5.39. The monoisotopic (exact) mass is 523 g/mol. The number of ether oxygens (including phenoxy) is 2. The topological polar surface area (TPSA) is 135 Å². The summed E-state index contributed by atoms with van der Waals surface area (Å²) in [6, 6.07) is 20.9. The first-order chi connectivity index (χ1) is 18.4. The molecule has 1 aromatic carbocycles. The number of pyridine rings is 2. The summed E-state index contributed by atoms with van der Waals surface area (Å²) in [5, 5.41) is 20.0. The largest absolute Gasteiger partial charge is 0.466 e. The highest BCUT2D eigenvalue weighted by Gasteiger charge is 2.37. The molecule has 2 N–H and O–H groups in total. The van der Waals surface area contributed by atoms with E-state index in [4.69, 9.17) is 15.2 Å². The molecule has 3 aromatic rings. The summed E-state index contributed by atoms with van der Waals surface area (Å²) in [6.07, 6.45) is 1.67. The fourth-order valence-electron chi connectivity index (χ4n) is 4.09. The second-order valence-corrected chi connectivity index (χ2v) is 9.70. The molecule has 1 aliphatic heterocycles. The van der Waals surface area contributed by atoms with Crippen LogP contribution in [0.3, 0.4) is 0 Å². The van der Waals surface area contributed by atoms with Crippen LogP contribution in [0.5, 0.6) is 0 Å². The number of esters is 1. The van der Waals surface area contributed by atoms with Crippen LogP contribution in [0.4, 0.5) is 0 Å². The normalized spacial score (nSPS) is 15.1. The van der Waals surface area contributed by atoms with Gasteiger partial charge in [0.15, 0.2) is 0 Å². The second-order valence-electron chi connectivity index (χ2n) is 8.74. The molecule has 190 valence electrons. The van der Waals surface area contributed by atoms with Gasteiger partial charge < -0.3 is 15.2 Å². The van der Waals surface area contributed by atoms with Crippen LogP contribution in [-0.2, 0) is 14.3 Å². The number of nitrogens with zero attached hydrogens (tertiary/aromatic N) is 4. The average molecular weight is 524 g/mol. The Morgan fingerprint density at radius 1 is 1.11 bits per heavy atom. The number of benzene rings is 1. The van der Waals surface area contributed by atoms with Crippen LogP contribution in [0, 0.1) is 22.7 Å². The molecule has 0 fully saturated rings. The third-order valence-corrected chi connectivity index (χ3v) is 7.08. The molecule has 0 spiro atoms. The van der Waals surface area contributed by atoms with E-state index < -0.39 is 11.9 Å². The van der Waals surface area contributed by atoms with Gasteiger partial charge in [0.1, 0.15) is 28.5 Å². The predicted molar refractivity (Wildman–Crippen MR) is 143 cm³/mol. The summed E-state index contributed by atoms with van der Waals surface area (Å²) < 4.78 is 10.9. The van der Waals surface area contributed by atoms with Crippen LogP contribution in [-0.4, -0.2) is 28.8 Å². The summed E-state index contributed by atoms with van der Waals surface area (Å²) in [5.41, 5.74) is 9.97. The van der Waals surface area contributed by atoms with Crippen molar-refractivity contribution in [2.75, 3.05) is 12.9 Å². The van der Waals surface area contributed by atoms with E-state index in [2.05, 4.69) is 36.0 Å². The molecule has 38 heavy (non-hydrogen) atoms. The molecular formula is C29H25N5O3S. The van der Waals surface area contributed by atoms with E-state index in [0.717, 1.165) is 5.56 Å². The Labute approximate surface area is 225 Å². The Hall–Kier alpha value is -4.60. The van der Waals surface area contributed by atoms with Gasteiger partial charge in [-0.1, -0.05) is 55.9 Å². The van der Waals surface area contributed by atoms with Gasteiger partial charge in [0.05, 0.1) is 41.3 Å². The fraction of sp³-hybridized carbons (Fsp3) is 0.207. The first kappa shape index (κ1) is 26.5. The quantitative estimate of drug-likeness (QED) is 0.329. The van der Waals surface area contributed by atoms with E-state index in [9.17, 15) is 15.3 Å². The van der Waals surface area contributed by atoms with Crippen molar-refractivity contribution >= 4 is 17.7 Å². The highest BCUT2D eigenvalue weighted by Crippen LogP contribution is 2.41. The summed E-state index contributed by atoms with van der Waals surface area (Å²) in [6.45, 7) is 4.17. The number of methoxy groups -OCH3 is 1. The third-order valence-electron chi connectivity index (χ3n) is 6.09. The number of hydrogen-bond donors (Lipinski definition) is 1. The van der Waals surface area contributed by atoms with E-state index in [-0.39, 0.29) is 28.5 Å².